The minimum Gasteiger partial charge on any atom is -0.459 e. The van der Waals surface area contributed by atoms with Crippen molar-refractivity contribution in [2.75, 3.05) is 18.1 Å². The average molecular weight is 262 g/mol. The van der Waals surface area contributed by atoms with Gasteiger partial charge in [0.2, 0.25) is 0 Å². The maximum absolute atomic E-state index is 11.7. The van der Waals surface area contributed by atoms with E-state index in [0.29, 0.717) is 4.24 Å². The van der Waals surface area contributed by atoms with E-state index in [0.717, 1.165) is 11.5 Å². The number of ketones is 1. The lowest BCUT2D eigenvalue weighted by atomic mass is 10.2. The second kappa shape index (κ2) is 6.32. The van der Waals surface area contributed by atoms with Crippen molar-refractivity contribution in [1.82, 2.24) is 0 Å². The number of esters is 1. The highest BCUT2D eigenvalue weighted by Gasteiger charge is 2.27. The molecule has 0 aromatic heterocycles. The van der Waals surface area contributed by atoms with Gasteiger partial charge < -0.3 is 9.84 Å². The Balaban J connectivity index is 2.91. The quantitative estimate of drug-likeness (QED) is 0.355. The van der Waals surface area contributed by atoms with Crippen molar-refractivity contribution in [2.45, 2.75) is 20.0 Å². The van der Waals surface area contributed by atoms with Crippen LogP contribution in [0.2, 0.25) is 0 Å². The molecule has 1 N–H and O–H groups in total. The zero-order valence-electron chi connectivity index (χ0n) is 9.19. The lowest BCUT2D eigenvalue weighted by Gasteiger charge is -2.11. The number of hydrogen-bond acceptors (Lipinski definition) is 6. The third-order valence-corrected chi connectivity index (χ3v) is 4.44. The van der Waals surface area contributed by atoms with Crippen LogP contribution in [0, 0.1) is 0 Å². The molecule has 1 saturated heterocycles. The fraction of sp³-hybridized carbons (Fsp3) is 0.600. The molecule has 6 heteroatoms. The lowest BCUT2D eigenvalue weighted by Crippen LogP contribution is -2.22. The van der Waals surface area contributed by atoms with Gasteiger partial charge in [0.1, 0.15) is 12.2 Å². The van der Waals surface area contributed by atoms with E-state index in [1.807, 2.05) is 0 Å². The van der Waals surface area contributed by atoms with Gasteiger partial charge >= 0.3 is 5.97 Å². The summed E-state index contributed by atoms with van der Waals surface area (Å²) in [5.74, 6) is 0.544. The number of carbonyl (C=O) groups excluding carboxylic acids is 2. The summed E-state index contributed by atoms with van der Waals surface area (Å²) >= 11 is 2.92. The molecule has 0 atom stereocenters. The Labute approximate surface area is 103 Å². The minimum absolute atomic E-state index is 0.00343. The summed E-state index contributed by atoms with van der Waals surface area (Å²) in [5.41, 5.74) is 0.00343. The highest BCUT2D eigenvalue weighted by Crippen LogP contribution is 2.39. The number of carbonyl (C=O) groups is 2. The zero-order chi connectivity index (χ0) is 12.1. The van der Waals surface area contributed by atoms with E-state index in [4.69, 9.17) is 9.84 Å². The van der Waals surface area contributed by atoms with Gasteiger partial charge in [0.25, 0.3) is 0 Å². The summed E-state index contributed by atoms with van der Waals surface area (Å²) in [4.78, 5) is 23.2. The highest BCUT2D eigenvalue weighted by atomic mass is 32.2. The number of Topliss-reactive ketones (excluding diaryl/α,β-unsaturated/α-hetero) is 1. The molecule has 90 valence electrons. The van der Waals surface area contributed by atoms with Crippen LogP contribution in [0.1, 0.15) is 13.8 Å². The maximum Gasteiger partial charge on any atom is 0.343 e. The fourth-order valence-corrected chi connectivity index (χ4v) is 3.67. The monoisotopic (exact) mass is 262 g/mol. The van der Waals surface area contributed by atoms with Crippen molar-refractivity contribution in [3.8, 4) is 0 Å². The molecule has 0 aliphatic carbocycles. The van der Waals surface area contributed by atoms with Crippen molar-refractivity contribution in [3.63, 3.8) is 0 Å². The normalized spacial score (nSPS) is 15.4. The molecule has 0 bridgehead atoms. The number of aliphatic hydroxyl groups is 1. The van der Waals surface area contributed by atoms with Crippen molar-refractivity contribution >= 4 is 35.3 Å². The minimum atomic E-state index is -0.660. The topological polar surface area (TPSA) is 63.6 Å². The van der Waals surface area contributed by atoms with Crippen molar-refractivity contribution in [1.29, 1.82) is 0 Å². The van der Waals surface area contributed by atoms with Crippen LogP contribution >= 0.6 is 23.5 Å². The molecule has 1 rings (SSSR count). The first-order chi connectivity index (χ1) is 7.56. The summed E-state index contributed by atoms with van der Waals surface area (Å²) in [6.07, 6.45) is -0.272. The molecule has 1 aliphatic rings. The van der Waals surface area contributed by atoms with E-state index in [9.17, 15) is 9.59 Å². The van der Waals surface area contributed by atoms with Crippen LogP contribution in [0.4, 0.5) is 0 Å². The number of rotatable bonds is 4. The summed E-state index contributed by atoms with van der Waals surface area (Å²) in [5, 5.41) is 8.84. The van der Waals surface area contributed by atoms with Gasteiger partial charge in [-0.05, 0) is 13.8 Å². The molecule has 0 aromatic rings. The standard InChI is InChI=1S/C10H14O4S2/c1-6(2)14-9(13)8(7(12)5-11)10-15-3-4-16-10/h6,11H,3-5H2,1-2H3. The molecule has 0 radical (unpaired) electrons. The summed E-state index contributed by atoms with van der Waals surface area (Å²) in [7, 11) is 0. The fourth-order valence-electron chi connectivity index (χ4n) is 1.12. The Morgan fingerprint density at radius 2 is 1.94 bits per heavy atom. The van der Waals surface area contributed by atoms with E-state index in [2.05, 4.69) is 0 Å². The van der Waals surface area contributed by atoms with Gasteiger partial charge in [-0.2, -0.15) is 0 Å². The number of ether oxygens (including phenoxy) is 1. The van der Waals surface area contributed by atoms with Gasteiger partial charge in [-0.25, -0.2) is 4.79 Å². The molecule has 0 aromatic carbocycles. The number of aliphatic hydroxyl groups excluding tert-OH is 1. The number of thioether (sulfide) groups is 2. The molecule has 0 unspecified atom stereocenters. The molecule has 4 nitrogen and oxygen atoms in total. The van der Waals surface area contributed by atoms with E-state index in [1.165, 1.54) is 23.5 Å². The predicted molar refractivity (Wildman–Crippen MR) is 65.3 cm³/mol. The Bertz CT molecular complexity index is 315. The van der Waals surface area contributed by atoms with Crippen LogP contribution in [0.15, 0.2) is 9.81 Å². The SMILES string of the molecule is CC(C)OC(=O)C(C(=O)CO)=C1SCCS1. The zero-order valence-corrected chi connectivity index (χ0v) is 10.8. The molecule has 1 fully saturated rings. The first-order valence-electron chi connectivity index (χ1n) is 4.91. The molecule has 1 aliphatic heterocycles. The van der Waals surface area contributed by atoms with Crippen LogP contribution in [-0.2, 0) is 14.3 Å². The summed E-state index contributed by atoms with van der Waals surface area (Å²) in [6.45, 7) is 2.78. The van der Waals surface area contributed by atoms with E-state index in [1.54, 1.807) is 13.8 Å². The van der Waals surface area contributed by atoms with Crippen LogP contribution in [0.25, 0.3) is 0 Å². The largest absolute Gasteiger partial charge is 0.459 e. The first-order valence-corrected chi connectivity index (χ1v) is 6.88. The Morgan fingerprint density at radius 3 is 2.38 bits per heavy atom. The number of hydrogen-bond donors (Lipinski definition) is 1. The van der Waals surface area contributed by atoms with Gasteiger partial charge in [-0.3, -0.25) is 4.79 Å². The van der Waals surface area contributed by atoms with E-state index in [-0.39, 0.29) is 11.7 Å². The van der Waals surface area contributed by atoms with Crippen molar-refractivity contribution in [2.24, 2.45) is 0 Å². The molecular weight excluding hydrogens is 248 g/mol. The van der Waals surface area contributed by atoms with Gasteiger partial charge in [-0.1, -0.05) is 0 Å². The van der Waals surface area contributed by atoms with Crippen LogP contribution < -0.4 is 0 Å². The van der Waals surface area contributed by atoms with E-state index >= 15 is 0 Å². The van der Waals surface area contributed by atoms with Crippen LogP contribution in [0.5, 0.6) is 0 Å². The van der Waals surface area contributed by atoms with Crippen molar-refractivity contribution < 1.29 is 19.4 Å². The summed E-state index contributed by atoms with van der Waals surface area (Å²) in [6, 6.07) is 0. The molecular formula is C10H14O4S2. The third-order valence-electron chi connectivity index (χ3n) is 1.72. The van der Waals surface area contributed by atoms with Gasteiger partial charge in [0, 0.05) is 11.5 Å². The lowest BCUT2D eigenvalue weighted by molar-refractivity contribution is -0.144. The average Bonchev–Trinajstić information content (AvgIpc) is 2.69. The predicted octanol–water partition coefficient (Wildman–Crippen LogP) is 1.19. The molecule has 1 heterocycles. The molecule has 16 heavy (non-hydrogen) atoms. The molecule has 0 spiro atoms. The van der Waals surface area contributed by atoms with Gasteiger partial charge in [0.15, 0.2) is 5.78 Å². The van der Waals surface area contributed by atoms with Gasteiger partial charge in [-0.15, -0.1) is 23.5 Å². The molecule has 0 amide bonds. The van der Waals surface area contributed by atoms with Crippen LogP contribution in [-0.4, -0.2) is 41.1 Å². The second-order valence-electron chi connectivity index (χ2n) is 3.39. The van der Waals surface area contributed by atoms with Crippen LogP contribution in [0.3, 0.4) is 0 Å². The highest BCUT2D eigenvalue weighted by molar-refractivity contribution is 8.25. The Morgan fingerprint density at radius 1 is 1.38 bits per heavy atom. The Kier molecular flexibility index (Phi) is 5.37. The maximum atomic E-state index is 11.7. The molecule has 0 saturated carbocycles. The second-order valence-corrected chi connectivity index (χ2v) is 5.86. The first kappa shape index (κ1) is 13.6. The van der Waals surface area contributed by atoms with Crippen molar-refractivity contribution in [3.05, 3.63) is 9.81 Å². The third kappa shape index (κ3) is 3.54. The van der Waals surface area contributed by atoms with Gasteiger partial charge in [0.05, 0.1) is 10.3 Å². The summed E-state index contributed by atoms with van der Waals surface area (Å²) < 4.78 is 5.66. The Hall–Kier alpha value is -0.460. The smallest absolute Gasteiger partial charge is 0.343 e. The van der Waals surface area contributed by atoms with E-state index < -0.39 is 18.4 Å².